The van der Waals surface area contributed by atoms with E-state index in [0.717, 1.165) is 12.8 Å². The molecule has 1 saturated heterocycles. The average Bonchev–Trinajstić information content (AvgIpc) is 2.39. The minimum atomic E-state index is -0.0855. The highest BCUT2D eigenvalue weighted by molar-refractivity contribution is 5.97. The first-order valence-corrected chi connectivity index (χ1v) is 5.75. The fraction of sp³-hybridized carbons (Fsp3) is 0.500. The molecule has 2 N–H and O–H groups in total. The Morgan fingerprint density at radius 3 is 2.82 bits per heavy atom. The number of nitrogens with two attached hydrogens (primary N) is 1. The SMILES string of the molecule is COC1CCN(C(=O)c2ncccc2N)CC1. The van der Waals surface area contributed by atoms with E-state index in [1.54, 1.807) is 30.3 Å². The number of carbonyl (C=O) groups is 1. The van der Waals surface area contributed by atoms with E-state index in [9.17, 15) is 4.79 Å². The summed E-state index contributed by atoms with van der Waals surface area (Å²) >= 11 is 0. The van der Waals surface area contributed by atoms with Crippen LogP contribution in [-0.4, -0.2) is 42.1 Å². The monoisotopic (exact) mass is 235 g/mol. The van der Waals surface area contributed by atoms with Gasteiger partial charge in [0.2, 0.25) is 0 Å². The Morgan fingerprint density at radius 2 is 2.24 bits per heavy atom. The molecule has 1 aromatic rings. The molecule has 0 saturated carbocycles. The number of rotatable bonds is 2. The number of amides is 1. The van der Waals surface area contributed by atoms with Crippen LogP contribution >= 0.6 is 0 Å². The van der Waals surface area contributed by atoms with Gasteiger partial charge in [0.15, 0.2) is 5.69 Å². The Bertz CT molecular complexity index is 400. The number of hydrogen-bond donors (Lipinski definition) is 1. The standard InChI is InChI=1S/C12H17N3O2/c1-17-9-4-7-15(8-5-9)12(16)11-10(13)3-2-6-14-11/h2-3,6,9H,4-5,7-8,13H2,1H3. The summed E-state index contributed by atoms with van der Waals surface area (Å²) in [7, 11) is 1.71. The van der Waals surface area contributed by atoms with Crippen molar-refractivity contribution in [2.24, 2.45) is 0 Å². The molecular formula is C12H17N3O2. The lowest BCUT2D eigenvalue weighted by Crippen LogP contribution is -2.41. The Labute approximate surface area is 101 Å². The lowest BCUT2D eigenvalue weighted by molar-refractivity contribution is 0.0348. The number of likely N-dealkylation sites (tertiary alicyclic amines) is 1. The second-order valence-corrected chi connectivity index (χ2v) is 4.17. The molecule has 0 atom stereocenters. The molecular weight excluding hydrogens is 218 g/mol. The third-order valence-electron chi connectivity index (χ3n) is 3.10. The highest BCUT2D eigenvalue weighted by Gasteiger charge is 2.25. The van der Waals surface area contributed by atoms with Crippen LogP contribution in [0.4, 0.5) is 5.69 Å². The van der Waals surface area contributed by atoms with E-state index in [2.05, 4.69) is 4.98 Å². The topological polar surface area (TPSA) is 68.5 Å². The van der Waals surface area contributed by atoms with Crippen LogP contribution in [0.25, 0.3) is 0 Å². The van der Waals surface area contributed by atoms with Gasteiger partial charge in [-0.1, -0.05) is 0 Å². The van der Waals surface area contributed by atoms with Crippen LogP contribution in [0, 0.1) is 0 Å². The molecule has 1 aromatic heterocycles. The fourth-order valence-corrected chi connectivity index (χ4v) is 2.04. The van der Waals surface area contributed by atoms with Crippen LogP contribution in [0.1, 0.15) is 23.3 Å². The molecule has 1 fully saturated rings. The Morgan fingerprint density at radius 1 is 1.53 bits per heavy atom. The van der Waals surface area contributed by atoms with Crippen LogP contribution in [-0.2, 0) is 4.74 Å². The lowest BCUT2D eigenvalue weighted by Gasteiger charge is -2.31. The Balaban J connectivity index is 2.04. The summed E-state index contributed by atoms with van der Waals surface area (Å²) in [6.07, 6.45) is 3.59. The maximum absolute atomic E-state index is 12.2. The molecule has 0 spiro atoms. The molecule has 1 aliphatic rings. The predicted molar refractivity (Wildman–Crippen MR) is 64.6 cm³/mol. The first kappa shape index (κ1) is 11.9. The van der Waals surface area contributed by atoms with E-state index in [-0.39, 0.29) is 12.0 Å². The number of nitrogen functional groups attached to an aromatic ring is 1. The zero-order chi connectivity index (χ0) is 12.3. The van der Waals surface area contributed by atoms with Crippen LogP contribution in [0.15, 0.2) is 18.3 Å². The van der Waals surface area contributed by atoms with Crippen molar-refractivity contribution in [2.45, 2.75) is 18.9 Å². The van der Waals surface area contributed by atoms with Crippen molar-refractivity contribution in [1.29, 1.82) is 0 Å². The first-order valence-electron chi connectivity index (χ1n) is 5.75. The van der Waals surface area contributed by atoms with Crippen molar-refractivity contribution < 1.29 is 9.53 Å². The molecule has 5 nitrogen and oxygen atoms in total. The van der Waals surface area contributed by atoms with Crippen molar-refractivity contribution >= 4 is 11.6 Å². The van der Waals surface area contributed by atoms with Gasteiger partial charge in [-0.15, -0.1) is 0 Å². The minimum Gasteiger partial charge on any atom is -0.397 e. The largest absolute Gasteiger partial charge is 0.397 e. The number of nitrogens with zero attached hydrogens (tertiary/aromatic N) is 2. The van der Waals surface area contributed by atoms with Gasteiger partial charge in [0, 0.05) is 26.4 Å². The predicted octanol–water partition coefficient (Wildman–Crippen LogP) is 0.915. The van der Waals surface area contributed by atoms with Gasteiger partial charge in [-0.25, -0.2) is 4.98 Å². The summed E-state index contributed by atoms with van der Waals surface area (Å²) in [5.74, 6) is -0.0855. The zero-order valence-corrected chi connectivity index (χ0v) is 9.93. The Kier molecular flexibility index (Phi) is 3.58. The number of methoxy groups -OCH3 is 1. The van der Waals surface area contributed by atoms with Crippen molar-refractivity contribution in [3.63, 3.8) is 0 Å². The maximum atomic E-state index is 12.2. The number of anilines is 1. The van der Waals surface area contributed by atoms with Crippen molar-refractivity contribution in [3.05, 3.63) is 24.0 Å². The summed E-state index contributed by atoms with van der Waals surface area (Å²) < 4.78 is 5.27. The normalized spacial score (nSPS) is 17.1. The molecule has 1 amide bonds. The van der Waals surface area contributed by atoms with Gasteiger partial charge in [-0.05, 0) is 25.0 Å². The van der Waals surface area contributed by atoms with Gasteiger partial charge < -0.3 is 15.4 Å². The molecule has 0 unspecified atom stereocenters. The summed E-state index contributed by atoms with van der Waals surface area (Å²) in [4.78, 5) is 18.0. The van der Waals surface area contributed by atoms with Gasteiger partial charge in [-0.3, -0.25) is 4.79 Å². The zero-order valence-electron chi connectivity index (χ0n) is 9.93. The first-order chi connectivity index (χ1) is 8.22. The van der Waals surface area contributed by atoms with Gasteiger partial charge in [0.25, 0.3) is 5.91 Å². The highest BCUT2D eigenvalue weighted by Crippen LogP contribution is 2.17. The van der Waals surface area contributed by atoms with Gasteiger partial charge in [0.1, 0.15) is 0 Å². The summed E-state index contributed by atoms with van der Waals surface area (Å²) in [5.41, 5.74) is 6.53. The smallest absolute Gasteiger partial charge is 0.274 e. The van der Waals surface area contributed by atoms with Crippen LogP contribution < -0.4 is 5.73 Å². The molecule has 2 rings (SSSR count). The quantitative estimate of drug-likeness (QED) is 0.827. The second-order valence-electron chi connectivity index (χ2n) is 4.17. The molecule has 92 valence electrons. The molecule has 17 heavy (non-hydrogen) atoms. The van der Waals surface area contributed by atoms with Gasteiger partial charge in [-0.2, -0.15) is 0 Å². The van der Waals surface area contributed by atoms with Crippen LogP contribution in [0.3, 0.4) is 0 Å². The lowest BCUT2D eigenvalue weighted by atomic mass is 10.1. The van der Waals surface area contributed by atoms with E-state index in [0.29, 0.717) is 24.5 Å². The van der Waals surface area contributed by atoms with Crippen molar-refractivity contribution in [2.75, 3.05) is 25.9 Å². The molecule has 2 heterocycles. The summed E-state index contributed by atoms with van der Waals surface area (Å²) in [6.45, 7) is 1.40. The molecule has 5 heteroatoms. The van der Waals surface area contributed by atoms with Crippen molar-refractivity contribution in [3.8, 4) is 0 Å². The summed E-state index contributed by atoms with van der Waals surface area (Å²) in [6, 6.07) is 3.42. The minimum absolute atomic E-state index is 0.0855. The highest BCUT2D eigenvalue weighted by atomic mass is 16.5. The van der Waals surface area contributed by atoms with E-state index >= 15 is 0 Å². The van der Waals surface area contributed by atoms with E-state index in [1.165, 1.54) is 0 Å². The Hall–Kier alpha value is -1.62. The number of piperidine rings is 1. The third-order valence-corrected chi connectivity index (χ3v) is 3.10. The maximum Gasteiger partial charge on any atom is 0.274 e. The van der Waals surface area contributed by atoms with Gasteiger partial charge >= 0.3 is 0 Å². The fourth-order valence-electron chi connectivity index (χ4n) is 2.04. The molecule has 0 aliphatic carbocycles. The van der Waals surface area contributed by atoms with Crippen molar-refractivity contribution in [1.82, 2.24) is 9.88 Å². The number of pyridine rings is 1. The van der Waals surface area contributed by atoms with Crippen LogP contribution in [0.5, 0.6) is 0 Å². The van der Waals surface area contributed by atoms with E-state index in [1.807, 2.05) is 0 Å². The summed E-state index contributed by atoms with van der Waals surface area (Å²) in [5, 5.41) is 0. The molecule has 1 aliphatic heterocycles. The number of carbonyl (C=O) groups excluding carboxylic acids is 1. The molecule has 0 aromatic carbocycles. The van der Waals surface area contributed by atoms with Crippen LogP contribution in [0.2, 0.25) is 0 Å². The number of ether oxygens (including phenoxy) is 1. The average molecular weight is 235 g/mol. The number of hydrogen-bond acceptors (Lipinski definition) is 4. The number of aromatic nitrogens is 1. The molecule has 0 bridgehead atoms. The second kappa shape index (κ2) is 5.14. The van der Waals surface area contributed by atoms with Gasteiger partial charge in [0.05, 0.1) is 11.8 Å². The van der Waals surface area contributed by atoms with E-state index < -0.39 is 0 Å². The van der Waals surface area contributed by atoms with E-state index in [4.69, 9.17) is 10.5 Å². The third kappa shape index (κ3) is 2.55. The molecule has 0 radical (unpaired) electrons.